The number of aryl methyl sites for hydroxylation is 1. The summed E-state index contributed by atoms with van der Waals surface area (Å²) in [6, 6.07) is 0. The normalized spacial score (nSPS) is 9.80. The van der Waals surface area contributed by atoms with Gasteiger partial charge in [-0.15, -0.1) is 0 Å². The van der Waals surface area contributed by atoms with Crippen LogP contribution in [0.25, 0.3) is 0 Å². The van der Waals surface area contributed by atoms with Crippen LogP contribution in [-0.2, 0) is 0 Å². The van der Waals surface area contributed by atoms with Gasteiger partial charge >= 0.3 is 0 Å². The molecule has 0 atom stereocenters. The number of carbonyl (C=O) groups is 1. The van der Waals surface area contributed by atoms with Crippen molar-refractivity contribution < 1.29 is 4.79 Å². The van der Waals surface area contributed by atoms with Crippen LogP contribution in [0.2, 0.25) is 0 Å². The van der Waals surface area contributed by atoms with Crippen LogP contribution in [-0.4, -0.2) is 16.7 Å². The Balaban J connectivity index is 2.93. The van der Waals surface area contributed by atoms with Crippen molar-refractivity contribution in [3.05, 3.63) is 16.6 Å². The van der Waals surface area contributed by atoms with Gasteiger partial charge in [-0.25, -0.2) is 0 Å². The summed E-state index contributed by atoms with van der Waals surface area (Å²) in [4.78, 5) is 10.9. The molecule has 0 aliphatic heterocycles. The first kappa shape index (κ1) is 7.37. The van der Waals surface area contributed by atoms with Gasteiger partial charge in [-0.3, -0.25) is 4.79 Å². The average molecular weight is 156 g/mol. The van der Waals surface area contributed by atoms with Gasteiger partial charge in [0.05, 0.1) is 6.54 Å². The van der Waals surface area contributed by atoms with Crippen molar-refractivity contribution in [1.82, 2.24) is 4.37 Å². The maximum absolute atomic E-state index is 10.9. The molecule has 1 heterocycles. The summed E-state index contributed by atoms with van der Waals surface area (Å²) < 4.78 is 3.90. The summed E-state index contributed by atoms with van der Waals surface area (Å²) in [5.74, 6) is -0.0845. The Kier molecular flexibility index (Phi) is 2.13. The van der Waals surface area contributed by atoms with E-state index in [1.807, 2.05) is 12.3 Å². The largest absolute Gasteiger partial charge is 0.324 e. The molecular weight excluding hydrogens is 148 g/mol. The predicted molar refractivity (Wildman–Crippen MR) is 40.2 cm³/mol. The van der Waals surface area contributed by atoms with Crippen LogP contribution in [0.4, 0.5) is 0 Å². The lowest BCUT2D eigenvalue weighted by atomic mass is 10.2. The van der Waals surface area contributed by atoms with E-state index in [4.69, 9.17) is 5.73 Å². The number of rotatable bonds is 2. The molecule has 0 aliphatic carbocycles. The lowest BCUT2D eigenvalue weighted by Gasteiger charge is -1.90. The fraction of sp³-hybridized carbons (Fsp3) is 0.333. The lowest BCUT2D eigenvalue weighted by Crippen LogP contribution is -2.14. The number of aromatic nitrogens is 1. The Bertz CT molecular complexity index is 244. The minimum Gasteiger partial charge on any atom is -0.324 e. The number of Topliss-reactive ketones (excluding diaryl/α,β-unsaturated/α-hetero) is 1. The second-order valence-corrected chi connectivity index (χ2v) is 2.60. The molecule has 1 rings (SSSR count). The third-order valence-electron chi connectivity index (χ3n) is 1.20. The maximum Gasteiger partial charge on any atom is 0.196 e. The zero-order valence-electron chi connectivity index (χ0n) is 5.63. The van der Waals surface area contributed by atoms with Gasteiger partial charge in [-0.2, -0.15) is 4.37 Å². The molecular formula is C6H8N2OS. The third kappa shape index (κ3) is 1.22. The third-order valence-corrected chi connectivity index (χ3v) is 1.94. The Hall–Kier alpha value is -0.740. The van der Waals surface area contributed by atoms with Gasteiger partial charge in [0.1, 0.15) is 5.69 Å². The van der Waals surface area contributed by atoms with E-state index in [0.29, 0.717) is 5.69 Å². The monoisotopic (exact) mass is 156 g/mol. The number of nitrogens with two attached hydrogens (primary N) is 1. The van der Waals surface area contributed by atoms with E-state index in [0.717, 1.165) is 5.56 Å². The van der Waals surface area contributed by atoms with E-state index in [9.17, 15) is 4.79 Å². The van der Waals surface area contributed by atoms with Crippen LogP contribution in [0.3, 0.4) is 0 Å². The summed E-state index contributed by atoms with van der Waals surface area (Å²) in [5.41, 5.74) is 6.59. The van der Waals surface area contributed by atoms with Crippen molar-refractivity contribution >= 4 is 17.3 Å². The van der Waals surface area contributed by atoms with Crippen LogP contribution in [0.1, 0.15) is 16.1 Å². The van der Waals surface area contributed by atoms with Gasteiger partial charge < -0.3 is 5.73 Å². The van der Waals surface area contributed by atoms with E-state index in [1.54, 1.807) is 0 Å². The van der Waals surface area contributed by atoms with Crippen molar-refractivity contribution in [2.75, 3.05) is 6.54 Å². The minimum atomic E-state index is -0.0845. The highest BCUT2D eigenvalue weighted by atomic mass is 32.1. The number of hydrogen-bond donors (Lipinski definition) is 1. The van der Waals surface area contributed by atoms with E-state index >= 15 is 0 Å². The van der Waals surface area contributed by atoms with Gasteiger partial charge in [-0.1, -0.05) is 0 Å². The van der Waals surface area contributed by atoms with E-state index < -0.39 is 0 Å². The van der Waals surface area contributed by atoms with E-state index in [2.05, 4.69) is 4.37 Å². The molecule has 2 N–H and O–H groups in total. The number of hydrogen-bond acceptors (Lipinski definition) is 4. The summed E-state index contributed by atoms with van der Waals surface area (Å²) in [7, 11) is 0. The molecule has 0 saturated carbocycles. The van der Waals surface area contributed by atoms with Gasteiger partial charge in [-0.05, 0) is 24.0 Å². The standard InChI is InChI=1S/C6H8N2OS/c1-4-3-10-8-6(4)5(9)2-7/h3H,2,7H2,1H3. The Morgan fingerprint density at radius 1 is 1.90 bits per heavy atom. The molecule has 0 aromatic carbocycles. The zero-order chi connectivity index (χ0) is 7.56. The minimum absolute atomic E-state index is 0.0462. The number of carbonyl (C=O) groups excluding carboxylic acids is 1. The highest BCUT2D eigenvalue weighted by molar-refractivity contribution is 7.03. The summed E-state index contributed by atoms with van der Waals surface area (Å²) in [6.45, 7) is 1.90. The van der Waals surface area contributed by atoms with Crippen LogP contribution in [0.15, 0.2) is 5.38 Å². The van der Waals surface area contributed by atoms with Gasteiger partial charge in [0, 0.05) is 5.38 Å². The van der Waals surface area contributed by atoms with Crippen molar-refractivity contribution in [3.8, 4) is 0 Å². The molecule has 3 nitrogen and oxygen atoms in total. The highest BCUT2D eigenvalue weighted by Gasteiger charge is 2.08. The lowest BCUT2D eigenvalue weighted by molar-refractivity contribution is 0.0997. The number of ketones is 1. The molecule has 0 radical (unpaired) electrons. The van der Waals surface area contributed by atoms with Gasteiger partial charge in [0.25, 0.3) is 0 Å². The smallest absolute Gasteiger partial charge is 0.196 e. The van der Waals surface area contributed by atoms with Crippen molar-refractivity contribution in [1.29, 1.82) is 0 Å². The SMILES string of the molecule is Cc1csnc1C(=O)CN. The molecule has 0 fully saturated rings. The molecule has 4 heteroatoms. The van der Waals surface area contributed by atoms with Crippen LogP contribution in [0.5, 0.6) is 0 Å². The molecule has 0 amide bonds. The average Bonchev–Trinajstić information content (AvgIpc) is 2.34. The summed E-state index contributed by atoms with van der Waals surface area (Å²) in [6.07, 6.45) is 0. The first-order valence-electron chi connectivity index (χ1n) is 2.90. The zero-order valence-corrected chi connectivity index (χ0v) is 6.44. The van der Waals surface area contributed by atoms with Gasteiger partial charge in [0.2, 0.25) is 0 Å². The maximum atomic E-state index is 10.9. The second-order valence-electron chi connectivity index (χ2n) is 1.97. The molecule has 0 bridgehead atoms. The number of nitrogens with zero attached hydrogens (tertiary/aromatic N) is 1. The molecule has 54 valence electrons. The molecule has 0 unspecified atom stereocenters. The van der Waals surface area contributed by atoms with Crippen LogP contribution in [0, 0.1) is 6.92 Å². The molecule has 10 heavy (non-hydrogen) atoms. The fourth-order valence-corrected chi connectivity index (χ4v) is 1.33. The molecule has 0 aliphatic rings. The topological polar surface area (TPSA) is 56.0 Å². The van der Waals surface area contributed by atoms with E-state index in [1.165, 1.54) is 11.5 Å². The summed E-state index contributed by atoms with van der Waals surface area (Å²) >= 11 is 1.28. The quantitative estimate of drug-likeness (QED) is 0.638. The Morgan fingerprint density at radius 2 is 2.60 bits per heavy atom. The molecule has 1 aromatic rings. The molecule has 0 saturated heterocycles. The Labute approximate surface area is 63.0 Å². The molecule has 1 aromatic heterocycles. The first-order valence-corrected chi connectivity index (χ1v) is 3.73. The van der Waals surface area contributed by atoms with Crippen LogP contribution >= 0.6 is 11.5 Å². The van der Waals surface area contributed by atoms with Crippen molar-refractivity contribution in [2.24, 2.45) is 5.73 Å². The predicted octanol–water partition coefficient (Wildman–Crippen LogP) is 0.593. The second kappa shape index (κ2) is 2.90. The van der Waals surface area contributed by atoms with Crippen molar-refractivity contribution in [2.45, 2.75) is 6.92 Å². The van der Waals surface area contributed by atoms with Crippen LogP contribution < -0.4 is 5.73 Å². The van der Waals surface area contributed by atoms with Gasteiger partial charge in [0.15, 0.2) is 5.78 Å². The fourth-order valence-electron chi connectivity index (χ4n) is 0.653. The summed E-state index contributed by atoms with van der Waals surface area (Å²) in [5, 5.41) is 1.84. The van der Waals surface area contributed by atoms with Crippen molar-refractivity contribution in [3.63, 3.8) is 0 Å². The van der Waals surface area contributed by atoms with E-state index in [-0.39, 0.29) is 12.3 Å². The first-order chi connectivity index (χ1) is 4.75. The Morgan fingerprint density at radius 3 is 3.00 bits per heavy atom. The molecule has 0 spiro atoms. The highest BCUT2D eigenvalue weighted by Crippen LogP contribution is 2.08.